The van der Waals surface area contributed by atoms with Crippen LogP contribution in [0.1, 0.15) is 24.4 Å². The zero-order valence-electron chi connectivity index (χ0n) is 12.4. The fourth-order valence-corrected chi connectivity index (χ4v) is 1.77. The smallest absolute Gasteiger partial charge is 0.241 e. The molecule has 0 spiro atoms. The summed E-state index contributed by atoms with van der Waals surface area (Å²) in [4.78, 5) is 26.4. The van der Waals surface area contributed by atoms with Crippen molar-refractivity contribution in [1.82, 2.24) is 9.80 Å². The quantitative estimate of drug-likeness (QED) is 0.844. The minimum absolute atomic E-state index is 0.0634. The molecule has 0 saturated carbocycles. The maximum absolute atomic E-state index is 11.9. The lowest BCUT2D eigenvalue weighted by Crippen LogP contribution is -2.37. The second-order valence-corrected chi connectivity index (χ2v) is 5.09. The summed E-state index contributed by atoms with van der Waals surface area (Å²) < 4.78 is 0. The Kier molecular flexibility index (Phi) is 6.18. The van der Waals surface area contributed by atoms with Gasteiger partial charge in [-0.2, -0.15) is 0 Å². The SMILES string of the molecule is CN(C)C(=O)CN(C)C(=O)CCC(N)c1ccccc1. The van der Waals surface area contributed by atoms with Crippen molar-refractivity contribution >= 4 is 11.8 Å². The monoisotopic (exact) mass is 277 g/mol. The highest BCUT2D eigenvalue weighted by molar-refractivity contribution is 5.84. The molecule has 0 saturated heterocycles. The van der Waals surface area contributed by atoms with E-state index in [0.717, 1.165) is 5.56 Å². The molecule has 110 valence electrons. The number of hydrogen-bond acceptors (Lipinski definition) is 3. The normalized spacial score (nSPS) is 11.8. The van der Waals surface area contributed by atoms with Gasteiger partial charge in [0.1, 0.15) is 0 Å². The Morgan fingerprint density at radius 1 is 1.10 bits per heavy atom. The number of likely N-dealkylation sites (N-methyl/N-ethyl adjacent to an activating group) is 2. The van der Waals surface area contributed by atoms with Crippen LogP contribution in [0, 0.1) is 0 Å². The van der Waals surface area contributed by atoms with Crippen LogP contribution < -0.4 is 5.73 Å². The van der Waals surface area contributed by atoms with Crippen LogP contribution in [-0.2, 0) is 9.59 Å². The molecule has 0 radical (unpaired) electrons. The summed E-state index contributed by atoms with van der Waals surface area (Å²) in [5.74, 6) is -0.153. The average Bonchev–Trinajstić information content (AvgIpc) is 2.44. The van der Waals surface area contributed by atoms with Gasteiger partial charge >= 0.3 is 0 Å². The molecule has 0 aliphatic rings. The largest absolute Gasteiger partial charge is 0.347 e. The van der Waals surface area contributed by atoms with Crippen LogP contribution in [-0.4, -0.2) is 49.3 Å². The summed E-state index contributed by atoms with van der Waals surface area (Å²) in [5, 5.41) is 0. The molecule has 0 aromatic heterocycles. The first kappa shape index (κ1) is 16.2. The zero-order valence-corrected chi connectivity index (χ0v) is 12.4. The number of rotatable bonds is 6. The molecule has 20 heavy (non-hydrogen) atoms. The summed E-state index contributed by atoms with van der Waals surface area (Å²) in [5.41, 5.74) is 7.07. The summed E-state index contributed by atoms with van der Waals surface area (Å²) in [6.07, 6.45) is 0.913. The minimum Gasteiger partial charge on any atom is -0.347 e. The van der Waals surface area contributed by atoms with E-state index >= 15 is 0 Å². The van der Waals surface area contributed by atoms with E-state index in [9.17, 15) is 9.59 Å². The number of amides is 2. The van der Waals surface area contributed by atoms with E-state index < -0.39 is 0 Å². The molecule has 5 nitrogen and oxygen atoms in total. The maximum Gasteiger partial charge on any atom is 0.241 e. The van der Waals surface area contributed by atoms with Crippen LogP contribution in [0.2, 0.25) is 0 Å². The number of nitrogens with zero attached hydrogens (tertiary/aromatic N) is 2. The lowest BCUT2D eigenvalue weighted by molar-refractivity contribution is -0.138. The Morgan fingerprint density at radius 3 is 2.25 bits per heavy atom. The fourth-order valence-electron chi connectivity index (χ4n) is 1.77. The Hall–Kier alpha value is -1.88. The lowest BCUT2D eigenvalue weighted by atomic mass is 10.0. The molecular formula is C15H23N3O2. The Balaban J connectivity index is 2.41. The molecule has 0 aliphatic heterocycles. The molecule has 1 aromatic carbocycles. The molecule has 1 aromatic rings. The van der Waals surface area contributed by atoms with E-state index in [0.29, 0.717) is 12.8 Å². The summed E-state index contributed by atoms with van der Waals surface area (Å²) >= 11 is 0. The Bertz CT molecular complexity index is 446. The van der Waals surface area contributed by atoms with Crippen molar-refractivity contribution in [3.63, 3.8) is 0 Å². The maximum atomic E-state index is 11.9. The minimum atomic E-state index is -0.155. The van der Waals surface area contributed by atoms with Gasteiger partial charge in [-0.3, -0.25) is 9.59 Å². The molecule has 2 amide bonds. The highest BCUT2D eigenvalue weighted by atomic mass is 16.2. The number of benzene rings is 1. The molecule has 1 unspecified atom stereocenters. The number of carbonyl (C=O) groups is 2. The van der Waals surface area contributed by atoms with E-state index in [-0.39, 0.29) is 24.4 Å². The van der Waals surface area contributed by atoms with Crippen molar-refractivity contribution in [2.75, 3.05) is 27.7 Å². The molecule has 1 atom stereocenters. The third kappa shape index (κ3) is 5.01. The lowest BCUT2D eigenvalue weighted by Gasteiger charge is -2.20. The highest BCUT2D eigenvalue weighted by Crippen LogP contribution is 2.15. The van der Waals surface area contributed by atoms with Crippen LogP contribution in [0.4, 0.5) is 0 Å². The van der Waals surface area contributed by atoms with Gasteiger partial charge in [0.15, 0.2) is 0 Å². The number of nitrogens with two attached hydrogens (primary N) is 1. The topological polar surface area (TPSA) is 66.6 Å². The third-order valence-electron chi connectivity index (χ3n) is 3.19. The molecule has 0 fully saturated rings. The number of carbonyl (C=O) groups excluding carboxylic acids is 2. The van der Waals surface area contributed by atoms with Gasteiger partial charge in [0, 0.05) is 33.6 Å². The molecule has 0 aliphatic carbocycles. The molecule has 0 heterocycles. The van der Waals surface area contributed by atoms with Crippen molar-refractivity contribution in [3.05, 3.63) is 35.9 Å². The van der Waals surface area contributed by atoms with Gasteiger partial charge in [-0.15, -0.1) is 0 Å². The van der Waals surface area contributed by atoms with E-state index in [2.05, 4.69) is 0 Å². The molecule has 5 heteroatoms. The van der Waals surface area contributed by atoms with Crippen LogP contribution >= 0.6 is 0 Å². The van der Waals surface area contributed by atoms with Crippen LogP contribution in [0.3, 0.4) is 0 Å². The predicted molar refractivity (Wildman–Crippen MR) is 78.9 cm³/mol. The molecule has 2 N–H and O–H groups in total. The molecular weight excluding hydrogens is 254 g/mol. The van der Waals surface area contributed by atoms with Crippen LogP contribution in [0.25, 0.3) is 0 Å². The number of hydrogen-bond donors (Lipinski definition) is 1. The summed E-state index contributed by atoms with van der Waals surface area (Å²) in [6.45, 7) is 0.104. The van der Waals surface area contributed by atoms with Gasteiger partial charge in [0.25, 0.3) is 0 Å². The van der Waals surface area contributed by atoms with Gasteiger partial charge in [0.05, 0.1) is 6.54 Å². The van der Waals surface area contributed by atoms with Crippen molar-refractivity contribution in [2.24, 2.45) is 5.73 Å². The van der Waals surface area contributed by atoms with E-state index in [4.69, 9.17) is 5.73 Å². The Labute approximate surface area is 120 Å². The van der Waals surface area contributed by atoms with Crippen molar-refractivity contribution in [2.45, 2.75) is 18.9 Å². The van der Waals surface area contributed by atoms with Crippen molar-refractivity contribution < 1.29 is 9.59 Å². The zero-order chi connectivity index (χ0) is 15.1. The van der Waals surface area contributed by atoms with E-state index in [1.54, 1.807) is 21.1 Å². The van der Waals surface area contributed by atoms with Gasteiger partial charge < -0.3 is 15.5 Å². The van der Waals surface area contributed by atoms with Crippen molar-refractivity contribution in [1.29, 1.82) is 0 Å². The second-order valence-electron chi connectivity index (χ2n) is 5.09. The third-order valence-corrected chi connectivity index (χ3v) is 3.19. The van der Waals surface area contributed by atoms with E-state index in [1.165, 1.54) is 9.80 Å². The first-order chi connectivity index (χ1) is 9.41. The molecule has 0 bridgehead atoms. The predicted octanol–water partition coefficient (Wildman–Crippen LogP) is 1.01. The molecule has 1 rings (SSSR count). The van der Waals surface area contributed by atoms with Gasteiger partial charge in [0.2, 0.25) is 11.8 Å². The van der Waals surface area contributed by atoms with Crippen molar-refractivity contribution in [3.8, 4) is 0 Å². The summed E-state index contributed by atoms with van der Waals surface area (Å²) in [7, 11) is 4.98. The Morgan fingerprint density at radius 2 is 1.70 bits per heavy atom. The average molecular weight is 277 g/mol. The van der Waals surface area contributed by atoms with Gasteiger partial charge in [-0.1, -0.05) is 30.3 Å². The first-order valence-electron chi connectivity index (χ1n) is 6.66. The van der Waals surface area contributed by atoms with Gasteiger partial charge in [-0.25, -0.2) is 0 Å². The first-order valence-corrected chi connectivity index (χ1v) is 6.66. The second kappa shape index (κ2) is 7.65. The van der Waals surface area contributed by atoms with Gasteiger partial charge in [-0.05, 0) is 12.0 Å². The highest BCUT2D eigenvalue weighted by Gasteiger charge is 2.15. The van der Waals surface area contributed by atoms with Crippen LogP contribution in [0.15, 0.2) is 30.3 Å². The fraction of sp³-hybridized carbons (Fsp3) is 0.467. The van der Waals surface area contributed by atoms with E-state index in [1.807, 2.05) is 30.3 Å². The summed E-state index contributed by atoms with van der Waals surface area (Å²) in [6, 6.07) is 9.54. The van der Waals surface area contributed by atoms with Crippen LogP contribution in [0.5, 0.6) is 0 Å². The standard InChI is InChI=1S/C15H23N3O2/c1-17(2)15(20)11-18(3)14(19)10-9-13(16)12-7-5-4-6-8-12/h4-8,13H,9-11,16H2,1-3H3.